The Morgan fingerprint density at radius 2 is 1.71 bits per heavy atom. The number of nitrogens with one attached hydrogen (secondary N) is 1. The lowest BCUT2D eigenvalue weighted by Gasteiger charge is -2.22. The fourth-order valence-electron chi connectivity index (χ4n) is 2.28. The lowest BCUT2D eigenvalue weighted by atomic mass is 10.1. The molecule has 0 aliphatic carbocycles. The molecule has 0 spiro atoms. The molecule has 6 atom stereocenters. The van der Waals surface area contributed by atoms with Crippen molar-refractivity contribution in [2.24, 2.45) is 0 Å². The summed E-state index contributed by atoms with van der Waals surface area (Å²) in [5.74, 6) is 0. The van der Waals surface area contributed by atoms with Crippen molar-refractivity contribution in [3.63, 3.8) is 0 Å². The zero-order valence-corrected chi connectivity index (χ0v) is 16.3. The Morgan fingerprint density at radius 1 is 1.11 bits per heavy atom. The van der Waals surface area contributed by atoms with E-state index in [0.29, 0.717) is 0 Å². The fourth-order valence-corrected chi connectivity index (χ4v) is 5.54. The van der Waals surface area contributed by atoms with Crippen LogP contribution in [0, 0.1) is 0 Å². The molecule has 2 unspecified atom stereocenters. The molecule has 2 heterocycles. The third-order valence-electron chi connectivity index (χ3n) is 3.24. The van der Waals surface area contributed by atoms with Crippen LogP contribution in [-0.4, -0.2) is 52.5 Å². The average Bonchev–Trinajstić information content (AvgIpc) is 2.71. The molecule has 160 valence electrons. The van der Waals surface area contributed by atoms with Crippen molar-refractivity contribution in [2.45, 2.75) is 31.5 Å². The number of aromatic nitrogens is 2. The number of hydrogen-bond donors (Lipinski definition) is 6. The minimum atomic E-state index is -5.74. The molecule has 0 amide bonds. The summed E-state index contributed by atoms with van der Waals surface area (Å²) < 4.78 is 51.5. The predicted molar refractivity (Wildman–Crippen MR) is 85.7 cm³/mol. The maximum atomic E-state index is 11.9. The monoisotopic (exact) mass is 468 g/mol. The van der Waals surface area contributed by atoms with Gasteiger partial charge in [0.25, 0.3) is 5.56 Å². The molecular formula is C9H15N2O14P3. The molecule has 19 heteroatoms. The molecule has 1 aliphatic rings. The minimum absolute atomic E-state index is 0.730. The Kier molecular flexibility index (Phi) is 6.68. The van der Waals surface area contributed by atoms with Crippen LogP contribution in [0.3, 0.4) is 0 Å². The van der Waals surface area contributed by atoms with E-state index in [-0.39, 0.29) is 0 Å². The van der Waals surface area contributed by atoms with E-state index in [2.05, 4.69) is 13.1 Å². The summed E-state index contributed by atoms with van der Waals surface area (Å²) in [6.07, 6.45) is -5.17. The number of aliphatic hydroxyl groups excluding tert-OH is 1. The lowest BCUT2D eigenvalue weighted by Crippen LogP contribution is -2.38. The van der Waals surface area contributed by atoms with Crippen molar-refractivity contribution in [1.29, 1.82) is 0 Å². The number of hydrogen-bond acceptors (Lipinski definition) is 10. The molecule has 6 N–H and O–H groups in total. The predicted octanol–water partition coefficient (Wildman–Crippen LogP) is -1.47. The van der Waals surface area contributed by atoms with E-state index in [1.807, 2.05) is 4.98 Å². The third-order valence-corrected chi connectivity index (χ3v) is 7.08. The zero-order chi connectivity index (χ0) is 21.5. The van der Waals surface area contributed by atoms with Gasteiger partial charge >= 0.3 is 29.2 Å². The van der Waals surface area contributed by atoms with Gasteiger partial charge in [0.05, 0.1) is 6.10 Å². The Bertz CT molecular complexity index is 981. The molecular weight excluding hydrogens is 453 g/mol. The summed E-state index contributed by atoms with van der Waals surface area (Å²) in [4.78, 5) is 60.4. The molecule has 1 aromatic heterocycles. The number of aromatic amines is 1. The number of rotatable bonds is 7. The molecule has 0 radical (unpaired) electrons. The first-order valence-electron chi connectivity index (χ1n) is 7.07. The van der Waals surface area contributed by atoms with Crippen molar-refractivity contribution >= 4 is 23.5 Å². The molecule has 1 fully saturated rings. The van der Waals surface area contributed by atoms with E-state index in [9.17, 15) is 33.3 Å². The number of phosphoric ester groups is 1. The lowest BCUT2D eigenvalue weighted by molar-refractivity contribution is -0.0351. The van der Waals surface area contributed by atoms with Gasteiger partial charge in [0.1, 0.15) is 12.2 Å². The number of H-pyrrole nitrogens is 1. The number of aliphatic hydroxyl groups is 1. The van der Waals surface area contributed by atoms with Crippen LogP contribution in [0.5, 0.6) is 0 Å². The molecule has 1 saturated heterocycles. The molecule has 28 heavy (non-hydrogen) atoms. The van der Waals surface area contributed by atoms with Crippen LogP contribution in [-0.2, 0) is 31.6 Å². The van der Waals surface area contributed by atoms with Gasteiger partial charge in [-0.15, -0.1) is 0 Å². The van der Waals surface area contributed by atoms with E-state index in [1.54, 1.807) is 0 Å². The largest absolute Gasteiger partial charge is 0.490 e. The van der Waals surface area contributed by atoms with Gasteiger partial charge in [0, 0.05) is 12.3 Å². The minimum Gasteiger partial charge on any atom is -0.386 e. The summed E-state index contributed by atoms with van der Waals surface area (Å²) >= 11 is 0. The van der Waals surface area contributed by atoms with E-state index in [4.69, 9.17) is 19.4 Å². The molecule has 0 aromatic carbocycles. The molecule has 0 bridgehead atoms. The second-order valence-corrected chi connectivity index (χ2v) is 9.77. The summed E-state index contributed by atoms with van der Waals surface area (Å²) in [6, 6.07) is 0.942. The highest BCUT2D eigenvalue weighted by molar-refractivity contribution is 7.66. The van der Waals surface area contributed by atoms with E-state index in [1.165, 1.54) is 6.92 Å². The second kappa shape index (κ2) is 8.03. The van der Waals surface area contributed by atoms with Gasteiger partial charge in [-0.3, -0.25) is 18.9 Å². The Hall–Kier alpha value is -0.990. The smallest absolute Gasteiger partial charge is 0.386 e. The maximum Gasteiger partial charge on any atom is 0.490 e. The van der Waals surface area contributed by atoms with E-state index < -0.39 is 59.3 Å². The van der Waals surface area contributed by atoms with Crippen LogP contribution in [0.25, 0.3) is 0 Å². The number of phosphoric acid groups is 3. The SMILES string of the molecule is C[C@H]1O[C@@H](n2ccc(=O)[nH]c2=O)[C@H](O)[C@@H]1OP(=O)(O)OP(=O)(O)OP(=O)(O)O. The van der Waals surface area contributed by atoms with Gasteiger partial charge in [-0.1, -0.05) is 0 Å². The highest BCUT2D eigenvalue weighted by atomic mass is 31.3. The van der Waals surface area contributed by atoms with Crippen molar-refractivity contribution in [3.05, 3.63) is 33.1 Å². The molecule has 1 aliphatic heterocycles. The Morgan fingerprint density at radius 3 is 2.25 bits per heavy atom. The maximum absolute atomic E-state index is 11.9. The van der Waals surface area contributed by atoms with Crippen LogP contribution in [0.4, 0.5) is 0 Å². The summed E-state index contributed by atoms with van der Waals surface area (Å²) in [5, 5.41) is 10.2. The van der Waals surface area contributed by atoms with Crippen LogP contribution < -0.4 is 11.2 Å². The van der Waals surface area contributed by atoms with Crippen molar-refractivity contribution in [2.75, 3.05) is 0 Å². The highest BCUT2D eigenvalue weighted by Crippen LogP contribution is 2.67. The topological polar surface area (TPSA) is 244 Å². The van der Waals surface area contributed by atoms with Gasteiger partial charge in [0.15, 0.2) is 6.23 Å². The molecule has 2 rings (SSSR count). The van der Waals surface area contributed by atoms with Crippen molar-refractivity contribution < 1.29 is 56.3 Å². The highest BCUT2D eigenvalue weighted by Gasteiger charge is 2.49. The summed E-state index contributed by atoms with van der Waals surface area (Å²) in [5.41, 5.74) is -1.70. The molecule has 0 saturated carbocycles. The number of ether oxygens (including phenoxy) is 1. The summed E-state index contributed by atoms with van der Waals surface area (Å²) in [6.45, 7) is 1.25. The van der Waals surface area contributed by atoms with Crippen molar-refractivity contribution in [1.82, 2.24) is 9.55 Å². The van der Waals surface area contributed by atoms with Gasteiger partial charge in [0.2, 0.25) is 0 Å². The molecule has 1 aromatic rings. The second-order valence-electron chi connectivity index (χ2n) is 5.40. The Labute approximate surface area is 154 Å². The zero-order valence-electron chi connectivity index (χ0n) is 13.7. The molecule has 16 nitrogen and oxygen atoms in total. The van der Waals surface area contributed by atoms with Crippen LogP contribution >= 0.6 is 23.5 Å². The first-order valence-corrected chi connectivity index (χ1v) is 11.6. The third kappa shape index (κ3) is 6.00. The fraction of sp³-hybridized carbons (Fsp3) is 0.556. The number of nitrogens with zero attached hydrogens (tertiary/aromatic N) is 1. The quantitative estimate of drug-likeness (QED) is 0.250. The van der Waals surface area contributed by atoms with E-state index in [0.717, 1.165) is 16.8 Å². The average molecular weight is 468 g/mol. The van der Waals surface area contributed by atoms with E-state index >= 15 is 0 Å². The first-order chi connectivity index (χ1) is 12.6. The van der Waals surface area contributed by atoms with Gasteiger partial charge in [-0.2, -0.15) is 8.62 Å². The standard InChI is InChI=1S/C9H15N2O14P3/c1-4-7(23-27(18,19)25-28(20,21)24-26(15,16)17)6(13)8(22-4)11-3-2-5(12)10-9(11)14/h2-4,6-8,13H,1H3,(H,18,19)(H,20,21)(H,10,12,14)(H2,15,16,17)/t4-,6-,7-,8-/m1/s1. The normalized spacial score (nSPS) is 29.9. The van der Waals surface area contributed by atoms with Crippen molar-refractivity contribution in [3.8, 4) is 0 Å². The van der Waals surface area contributed by atoms with Crippen LogP contribution in [0.1, 0.15) is 13.2 Å². The van der Waals surface area contributed by atoms with Gasteiger partial charge < -0.3 is 29.4 Å². The van der Waals surface area contributed by atoms with Crippen LogP contribution in [0.2, 0.25) is 0 Å². The van der Waals surface area contributed by atoms with Gasteiger partial charge in [-0.05, 0) is 6.92 Å². The van der Waals surface area contributed by atoms with Crippen LogP contribution in [0.15, 0.2) is 21.9 Å². The van der Waals surface area contributed by atoms with Gasteiger partial charge in [-0.25, -0.2) is 18.5 Å². The first kappa shape index (κ1) is 23.3. The summed E-state index contributed by atoms with van der Waals surface area (Å²) in [7, 11) is -16.8. The Balaban J connectivity index is 2.18.